The maximum Gasteiger partial charge on any atom is 0.354 e. The van der Waals surface area contributed by atoms with E-state index >= 15 is 0 Å². The molecule has 0 unspecified atom stereocenters. The third-order valence-corrected chi connectivity index (χ3v) is 6.41. The second kappa shape index (κ2) is 10.6. The third-order valence-electron chi connectivity index (χ3n) is 6.41. The molecule has 0 bridgehead atoms. The number of pyridine rings is 1. The Labute approximate surface area is 210 Å². The van der Waals surface area contributed by atoms with Crippen LogP contribution in [0, 0.1) is 6.92 Å². The predicted molar refractivity (Wildman–Crippen MR) is 139 cm³/mol. The van der Waals surface area contributed by atoms with Gasteiger partial charge in [0.2, 0.25) is 5.91 Å². The van der Waals surface area contributed by atoms with Crippen LogP contribution in [0.3, 0.4) is 0 Å². The molecule has 1 fully saturated rings. The summed E-state index contributed by atoms with van der Waals surface area (Å²) in [4.78, 5) is 42.7. The summed E-state index contributed by atoms with van der Waals surface area (Å²) in [7, 11) is 0. The van der Waals surface area contributed by atoms with E-state index in [1.165, 1.54) is 11.8 Å². The first-order valence-corrected chi connectivity index (χ1v) is 12.0. The van der Waals surface area contributed by atoms with Gasteiger partial charge in [0.05, 0.1) is 0 Å². The summed E-state index contributed by atoms with van der Waals surface area (Å²) in [6.45, 7) is 6.46. The molecule has 186 valence electrons. The molecule has 4 rings (SSSR count). The molecule has 1 atom stereocenters. The molecule has 0 saturated carbocycles. The number of nitrogens with one attached hydrogen (secondary N) is 2. The van der Waals surface area contributed by atoms with Crippen LogP contribution in [0.15, 0.2) is 60.8 Å². The van der Waals surface area contributed by atoms with Crippen LogP contribution in [0.1, 0.15) is 54.2 Å². The number of aromatic carboxylic acids is 1. The first-order chi connectivity index (χ1) is 17.2. The number of nitrogens with zero attached hydrogens (tertiary/aromatic N) is 2. The Bertz CT molecular complexity index is 1270. The number of benzene rings is 2. The summed E-state index contributed by atoms with van der Waals surface area (Å²) in [5.41, 5.74) is 4.76. The monoisotopic (exact) mass is 486 g/mol. The molecular formula is C28H30N4O4. The largest absolute Gasteiger partial charge is 0.477 e. The van der Waals surface area contributed by atoms with E-state index in [9.17, 15) is 14.4 Å². The lowest BCUT2D eigenvalue weighted by molar-refractivity contribution is -0.119. The zero-order valence-corrected chi connectivity index (χ0v) is 20.6. The van der Waals surface area contributed by atoms with Crippen molar-refractivity contribution >= 4 is 29.3 Å². The van der Waals surface area contributed by atoms with E-state index in [2.05, 4.69) is 29.5 Å². The molecule has 0 spiro atoms. The van der Waals surface area contributed by atoms with Crippen molar-refractivity contribution in [3.8, 4) is 11.1 Å². The number of urea groups is 1. The molecule has 1 saturated heterocycles. The van der Waals surface area contributed by atoms with Crippen molar-refractivity contribution in [1.29, 1.82) is 0 Å². The molecule has 36 heavy (non-hydrogen) atoms. The van der Waals surface area contributed by atoms with Crippen molar-refractivity contribution in [3.05, 3.63) is 77.6 Å². The number of rotatable bonds is 6. The Morgan fingerprint density at radius 2 is 1.61 bits per heavy atom. The van der Waals surface area contributed by atoms with Crippen LogP contribution in [0.2, 0.25) is 0 Å². The van der Waals surface area contributed by atoms with Crippen molar-refractivity contribution in [1.82, 2.24) is 9.88 Å². The normalized spacial score (nSPS) is 15.1. The molecular weight excluding hydrogens is 456 g/mol. The topological polar surface area (TPSA) is 112 Å². The number of amides is 3. The van der Waals surface area contributed by atoms with Gasteiger partial charge in [-0.15, -0.1) is 0 Å². The first kappa shape index (κ1) is 24.9. The second-order valence-corrected chi connectivity index (χ2v) is 9.32. The molecule has 2 heterocycles. The van der Waals surface area contributed by atoms with Gasteiger partial charge in [0, 0.05) is 29.7 Å². The van der Waals surface area contributed by atoms with Gasteiger partial charge in [0.25, 0.3) is 0 Å². The number of carboxylic acids is 1. The Hall–Kier alpha value is -4.20. The van der Waals surface area contributed by atoms with Gasteiger partial charge < -0.3 is 20.6 Å². The molecule has 0 aliphatic carbocycles. The minimum atomic E-state index is -1.06. The Balaban J connectivity index is 1.39. The first-order valence-electron chi connectivity index (χ1n) is 12.0. The summed E-state index contributed by atoms with van der Waals surface area (Å²) in [6.07, 6.45) is 2.88. The van der Waals surface area contributed by atoms with E-state index in [1.807, 2.05) is 36.4 Å². The van der Waals surface area contributed by atoms with Crippen molar-refractivity contribution in [2.24, 2.45) is 0 Å². The van der Waals surface area contributed by atoms with Crippen LogP contribution < -0.4 is 10.6 Å². The van der Waals surface area contributed by atoms with Gasteiger partial charge in [-0.25, -0.2) is 14.6 Å². The maximum absolute atomic E-state index is 13.0. The molecule has 0 radical (unpaired) electrons. The summed E-state index contributed by atoms with van der Waals surface area (Å²) < 4.78 is 0. The van der Waals surface area contributed by atoms with Crippen molar-refractivity contribution in [2.45, 2.75) is 45.6 Å². The third kappa shape index (κ3) is 5.54. The zero-order valence-electron chi connectivity index (χ0n) is 20.6. The highest BCUT2D eigenvalue weighted by atomic mass is 16.4. The zero-order chi connectivity index (χ0) is 25.8. The quantitative estimate of drug-likeness (QED) is 0.425. The Morgan fingerprint density at radius 1 is 0.972 bits per heavy atom. The maximum atomic E-state index is 13.0. The average Bonchev–Trinajstić information content (AvgIpc) is 3.35. The summed E-state index contributed by atoms with van der Waals surface area (Å²) in [5.74, 6) is -0.876. The van der Waals surface area contributed by atoms with Crippen LogP contribution >= 0.6 is 0 Å². The van der Waals surface area contributed by atoms with Gasteiger partial charge >= 0.3 is 12.0 Å². The molecule has 3 amide bonds. The molecule has 3 N–H and O–H groups in total. The lowest BCUT2D eigenvalue weighted by Crippen LogP contribution is -2.45. The molecule has 1 aliphatic rings. The molecule has 1 aliphatic heterocycles. The summed E-state index contributed by atoms with van der Waals surface area (Å²) in [5, 5.41) is 15.0. The summed E-state index contributed by atoms with van der Waals surface area (Å²) >= 11 is 0. The van der Waals surface area contributed by atoms with Crippen LogP contribution in [0.5, 0.6) is 0 Å². The highest BCUT2D eigenvalue weighted by Crippen LogP contribution is 2.25. The van der Waals surface area contributed by atoms with Crippen molar-refractivity contribution < 1.29 is 19.5 Å². The second-order valence-electron chi connectivity index (χ2n) is 9.32. The number of aryl methyl sites for hydroxylation is 1. The van der Waals surface area contributed by atoms with Crippen LogP contribution in [0.4, 0.5) is 16.2 Å². The molecule has 3 aromatic rings. The van der Waals surface area contributed by atoms with Crippen LogP contribution in [-0.4, -0.2) is 45.5 Å². The number of carboxylic acid groups (broad SMARTS) is 1. The minimum Gasteiger partial charge on any atom is -0.477 e. The van der Waals surface area contributed by atoms with Gasteiger partial charge in [-0.3, -0.25) is 4.79 Å². The van der Waals surface area contributed by atoms with E-state index in [-0.39, 0.29) is 17.6 Å². The van der Waals surface area contributed by atoms with Gasteiger partial charge in [0.15, 0.2) is 5.69 Å². The highest BCUT2D eigenvalue weighted by molar-refractivity contribution is 5.99. The molecule has 8 nitrogen and oxygen atoms in total. The van der Waals surface area contributed by atoms with E-state index in [0.29, 0.717) is 35.8 Å². The van der Waals surface area contributed by atoms with Gasteiger partial charge in [0.1, 0.15) is 6.04 Å². The fourth-order valence-corrected chi connectivity index (χ4v) is 4.36. The van der Waals surface area contributed by atoms with Crippen molar-refractivity contribution in [2.75, 3.05) is 17.2 Å². The lowest BCUT2D eigenvalue weighted by atomic mass is 10.0. The Morgan fingerprint density at radius 3 is 2.22 bits per heavy atom. The molecule has 8 heteroatoms. The van der Waals surface area contributed by atoms with Crippen LogP contribution in [0.25, 0.3) is 11.1 Å². The molecule has 1 aromatic heterocycles. The predicted octanol–water partition coefficient (Wildman–Crippen LogP) is 5.51. The van der Waals surface area contributed by atoms with E-state index < -0.39 is 12.0 Å². The number of carbonyl (C=O) groups is 3. The fraction of sp³-hybridized carbons (Fsp3) is 0.286. The minimum absolute atomic E-state index is 0.0281. The number of aromatic nitrogens is 1. The van der Waals surface area contributed by atoms with E-state index in [0.717, 1.165) is 17.5 Å². The smallest absolute Gasteiger partial charge is 0.354 e. The number of anilines is 2. The van der Waals surface area contributed by atoms with Gasteiger partial charge in [-0.1, -0.05) is 38.1 Å². The number of carbonyl (C=O) groups excluding carboxylic acids is 2. The number of hydrogen-bond donors (Lipinski definition) is 3. The standard InChI is InChI=1S/C28H30N4O4/c1-17(2)19-6-10-23(11-7-19)31-28(36)32-14-4-5-24(32)26(33)30-22-12-8-20(9-13-22)21-15-18(3)25(27(34)35)29-16-21/h6-13,15-17,24H,4-5,14H2,1-3H3,(H,30,33)(H,31,36)(H,34,35)/t24-/m1/s1. The van der Waals surface area contributed by atoms with E-state index in [1.54, 1.807) is 30.0 Å². The highest BCUT2D eigenvalue weighted by Gasteiger charge is 2.34. The van der Waals surface area contributed by atoms with Gasteiger partial charge in [-0.2, -0.15) is 0 Å². The number of hydrogen-bond acceptors (Lipinski definition) is 4. The average molecular weight is 487 g/mol. The van der Waals surface area contributed by atoms with Crippen molar-refractivity contribution in [3.63, 3.8) is 0 Å². The fourth-order valence-electron chi connectivity index (χ4n) is 4.36. The summed E-state index contributed by atoms with van der Waals surface area (Å²) in [6, 6.07) is 15.9. The van der Waals surface area contributed by atoms with Gasteiger partial charge in [-0.05, 0) is 72.7 Å². The van der Waals surface area contributed by atoms with E-state index in [4.69, 9.17) is 5.11 Å². The SMILES string of the molecule is Cc1cc(-c2ccc(NC(=O)[C@H]3CCCN3C(=O)Nc3ccc(C(C)C)cc3)cc2)cnc1C(=O)O. The number of likely N-dealkylation sites (tertiary alicyclic amines) is 1. The lowest BCUT2D eigenvalue weighted by Gasteiger charge is -2.24. The van der Waals surface area contributed by atoms with Crippen LogP contribution in [-0.2, 0) is 4.79 Å². The molecule has 2 aromatic carbocycles. The Kier molecular flexibility index (Phi) is 7.33.